The Morgan fingerprint density at radius 3 is 2.37 bits per heavy atom. The van der Waals surface area contributed by atoms with Gasteiger partial charge < -0.3 is 5.73 Å². The smallest absolute Gasteiger partial charge is 0.0470 e. The minimum atomic E-state index is 0.342. The van der Waals surface area contributed by atoms with Gasteiger partial charge in [-0.1, -0.05) is 37.6 Å². The Kier molecular flexibility index (Phi) is 5.00. The molecular formula is C17H28N2. The van der Waals surface area contributed by atoms with Crippen LogP contribution in [-0.2, 0) is 0 Å². The lowest BCUT2D eigenvalue weighted by Gasteiger charge is -2.32. The van der Waals surface area contributed by atoms with Crippen molar-refractivity contribution in [3.05, 3.63) is 35.4 Å². The van der Waals surface area contributed by atoms with E-state index in [9.17, 15) is 0 Å². The molecule has 1 aromatic carbocycles. The molecule has 19 heavy (non-hydrogen) atoms. The quantitative estimate of drug-likeness (QED) is 0.810. The summed E-state index contributed by atoms with van der Waals surface area (Å²) in [5, 5.41) is 0. The lowest BCUT2D eigenvalue weighted by Crippen LogP contribution is -2.37. The number of hydrogen-bond donors (Lipinski definition) is 1. The second-order valence-corrected chi connectivity index (χ2v) is 6.00. The summed E-state index contributed by atoms with van der Waals surface area (Å²) in [6.45, 7) is 5.23. The Balaban J connectivity index is 2.07. The van der Waals surface area contributed by atoms with Gasteiger partial charge in [0.1, 0.15) is 0 Å². The fourth-order valence-corrected chi connectivity index (χ4v) is 2.87. The Hall–Kier alpha value is -0.860. The van der Waals surface area contributed by atoms with Gasteiger partial charge in [-0.25, -0.2) is 0 Å². The summed E-state index contributed by atoms with van der Waals surface area (Å²) < 4.78 is 0. The first kappa shape index (κ1) is 14.5. The first-order valence-corrected chi connectivity index (χ1v) is 7.69. The van der Waals surface area contributed by atoms with Crippen LogP contribution in [0.15, 0.2) is 24.3 Å². The lowest BCUT2D eigenvalue weighted by atomic mass is 10.00. The highest BCUT2D eigenvalue weighted by atomic mass is 15.2. The predicted molar refractivity (Wildman–Crippen MR) is 82.3 cm³/mol. The number of likely N-dealkylation sites (N-methyl/N-ethyl adjacent to an activating group) is 1. The average molecular weight is 260 g/mol. The van der Waals surface area contributed by atoms with Gasteiger partial charge in [-0.2, -0.15) is 0 Å². The Bertz CT molecular complexity index is 381. The summed E-state index contributed by atoms with van der Waals surface area (Å²) in [6, 6.07) is 10.1. The molecule has 1 saturated carbocycles. The topological polar surface area (TPSA) is 29.3 Å². The summed E-state index contributed by atoms with van der Waals surface area (Å²) in [6.07, 6.45) is 5.19. The predicted octanol–water partition coefficient (Wildman–Crippen LogP) is 3.68. The molecular weight excluding hydrogens is 232 g/mol. The molecule has 2 rings (SSSR count). The third-order valence-corrected chi connectivity index (χ3v) is 4.49. The first-order chi connectivity index (χ1) is 9.17. The van der Waals surface area contributed by atoms with E-state index in [-0.39, 0.29) is 0 Å². The van der Waals surface area contributed by atoms with E-state index < -0.39 is 0 Å². The molecule has 0 aliphatic heterocycles. The molecule has 1 fully saturated rings. The molecule has 1 aliphatic rings. The highest BCUT2D eigenvalue weighted by Gasteiger charge is 2.24. The molecule has 2 N–H and O–H groups in total. The van der Waals surface area contributed by atoms with E-state index in [4.69, 9.17) is 5.73 Å². The zero-order chi connectivity index (χ0) is 13.8. The average Bonchev–Trinajstić information content (AvgIpc) is 3.25. The maximum absolute atomic E-state index is 6.01. The molecule has 0 heterocycles. The zero-order valence-corrected chi connectivity index (χ0v) is 12.6. The highest BCUT2D eigenvalue weighted by Crippen LogP contribution is 2.40. The van der Waals surface area contributed by atoms with Crippen LogP contribution < -0.4 is 5.73 Å². The standard InChI is InChI=1S/C17H28N2/c1-4-5-13(2)19(3)17(12-18)16-10-8-15(9-11-16)14-6-7-14/h8-11,13-14,17H,4-7,12,18H2,1-3H3. The van der Waals surface area contributed by atoms with Crippen LogP contribution in [0.25, 0.3) is 0 Å². The summed E-state index contributed by atoms with van der Waals surface area (Å²) in [5.74, 6) is 0.835. The van der Waals surface area contributed by atoms with Crippen molar-refractivity contribution in [1.29, 1.82) is 0 Å². The molecule has 1 aliphatic carbocycles. The molecule has 106 valence electrons. The van der Waals surface area contributed by atoms with Crippen molar-refractivity contribution in [2.24, 2.45) is 5.73 Å². The second-order valence-electron chi connectivity index (χ2n) is 6.00. The number of nitrogens with zero attached hydrogens (tertiary/aromatic N) is 1. The van der Waals surface area contributed by atoms with Gasteiger partial charge in [-0.3, -0.25) is 4.90 Å². The third-order valence-electron chi connectivity index (χ3n) is 4.49. The molecule has 2 heteroatoms. The third kappa shape index (κ3) is 3.58. The van der Waals surface area contributed by atoms with Crippen molar-refractivity contribution >= 4 is 0 Å². The fraction of sp³-hybridized carbons (Fsp3) is 0.647. The van der Waals surface area contributed by atoms with Crippen LogP contribution in [0.4, 0.5) is 0 Å². The van der Waals surface area contributed by atoms with E-state index in [1.54, 1.807) is 0 Å². The van der Waals surface area contributed by atoms with Gasteiger partial charge in [0.2, 0.25) is 0 Å². The maximum Gasteiger partial charge on any atom is 0.0470 e. The molecule has 0 spiro atoms. The number of benzene rings is 1. The summed E-state index contributed by atoms with van der Waals surface area (Å²) in [7, 11) is 2.20. The largest absolute Gasteiger partial charge is 0.329 e. The number of hydrogen-bond acceptors (Lipinski definition) is 2. The normalized spacial score (nSPS) is 18.6. The van der Waals surface area contributed by atoms with Crippen LogP contribution in [0.3, 0.4) is 0 Å². The molecule has 1 aromatic rings. The van der Waals surface area contributed by atoms with Crippen LogP contribution >= 0.6 is 0 Å². The monoisotopic (exact) mass is 260 g/mol. The van der Waals surface area contributed by atoms with Crippen LogP contribution in [0.5, 0.6) is 0 Å². The van der Waals surface area contributed by atoms with Crippen molar-refractivity contribution in [2.75, 3.05) is 13.6 Å². The van der Waals surface area contributed by atoms with E-state index >= 15 is 0 Å². The van der Waals surface area contributed by atoms with Gasteiger partial charge in [0.25, 0.3) is 0 Å². The molecule has 2 atom stereocenters. The van der Waals surface area contributed by atoms with E-state index in [2.05, 4.69) is 50.1 Å². The summed E-state index contributed by atoms with van der Waals surface area (Å²) in [4.78, 5) is 2.43. The van der Waals surface area contributed by atoms with Crippen LogP contribution in [0.1, 0.15) is 62.6 Å². The lowest BCUT2D eigenvalue weighted by molar-refractivity contribution is 0.180. The van der Waals surface area contributed by atoms with Gasteiger partial charge in [0, 0.05) is 18.6 Å². The number of nitrogens with two attached hydrogens (primary N) is 1. The maximum atomic E-state index is 6.01. The van der Waals surface area contributed by atoms with Crippen molar-refractivity contribution < 1.29 is 0 Å². The van der Waals surface area contributed by atoms with Gasteiger partial charge in [-0.05, 0) is 50.3 Å². The molecule has 2 nitrogen and oxygen atoms in total. The van der Waals surface area contributed by atoms with Crippen LogP contribution in [0.2, 0.25) is 0 Å². The molecule has 0 aromatic heterocycles. The van der Waals surface area contributed by atoms with Crippen molar-refractivity contribution in [1.82, 2.24) is 4.90 Å². The minimum absolute atomic E-state index is 0.342. The summed E-state index contributed by atoms with van der Waals surface area (Å²) in [5.41, 5.74) is 8.87. The van der Waals surface area contributed by atoms with Crippen LogP contribution in [-0.4, -0.2) is 24.5 Å². The van der Waals surface area contributed by atoms with E-state index in [1.165, 1.54) is 36.8 Å². The van der Waals surface area contributed by atoms with Gasteiger partial charge >= 0.3 is 0 Å². The Labute approximate surface area is 118 Å². The van der Waals surface area contributed by atoms with Crippen molar-refractivity contribution in [2.45, 2.75) is 57.5 Å². The molecule has 0 radical (unpaired) electrons. The van der Waals surface area contributed by atoms with E-state index in [1.807, 2.05) is 0 Å². The SMILES string of the molecule is CCCC(C)N(C)C(CN)c1ccc(C2CC2)cc1. The molecule has 2 unspecified atom stereocenters. The number of rotatable bonds is 7. The highest BCUT2D eigenvalue weighted by molar-refractivity contribution is 5.30. The zero-order valence-electron chi connectivity index (χ0n) is 12.6. The van der Waals surface area contributed by atoms with Gasteiger partial charge in [-0.15, -0.1) is 0 Å². The first-order valence-electron chi connectivity index (χ1n) is 7.69. The molecule has 0 bridgehead atoms. The van der Waals surface area contributed by atoms with Gasteiger partial charge in [0.05, 0.1) is 0 Å². The fourth-order valence-electron chi connectivity index (χ4n) is 2.87. The minimum Gasteiger partial charge on any atom is -0.329 e. The molecule has 0 saturated heterocycles. The van der Waals surface area contributed by atoms with E-state index in [0.29, 0.717) is 18.6 Å². The second kappa shape index (κ2) is 6.53. The molecule has 0 amide bonds. The van der Waals surface area contributed by atoms with E-state index in [0.717, 1.165) is 5.92 Å². The Morgan fingerprint density at radius 2 is 1.89 bits per heavy atom. The van der Waals surface area contributed by atoms with Crippen molar-refractivity contribution in [3.63, 3.8) is 0 Å². The summed E-state index contributed by atoms with van der Waals surface area (Å²) >= 11 is 0. The Morgan fingerprint density at radius 1 is 1.26 bits per heavy atom. The van der Waals surface area contributed by atoms with Gasteiger partial charge in [0.15, 0.2) is 0 Å². The van der Waals surface area contributed by atoms with Crippen molar-refractivity contribution in [3.8, 4) is 0 Å². The van der Waals surface area contributed by atoms with Crippen LogP contribution in [0, 0.1) is 0 Å².